The maximum atomic E-state index is 11.9. The third-order valence-corrected chi connectivity index (χ3v) is 4.90. The highest BCUT2D eigenvalue weighted by molar-refractivity contribution is 7.91. The van der Waals surface area contributed by atoms with Crippen molar-refractivity contribution in [2.75, 3.05) is 29.2 Å². The van der Waals surface area contributed by atoms with Crippen molar-refractivity contribution < 1.29 is 17.9 Å². The van der Waals surface area contributed by atoms with E-state index in [4.69, 9.17) is 10.5 Å². The minimum Gasteiger partial charge on any atom is -0.462 e. The molecule has 1 heterocycles. The van der Waals surface area contributed by atoms with Crippen LogP contribution in [-0.2, 0) is 14.6 Å². The Bertz CT molecular complexity index is 613. The molecule has 1 aliphatic heterocycles. The van der Waals surface area contributed by atoms with Crippen LogP contribution in [0.15, 0.2) is 18.2 Å². The molecular weight excluding hydrogens is 280 g/mol. The SMILES string of the molecule is CCOC(=O)c1cc(N)ccc1NC1CCS(=O)(=O)C1. The van der Waals surface area contributed by atoms with E-state index in [1.54, 1.807) is 19.1 Å². The van der Waals surface area contributed by atoms with Crippen molar-refractivity contribution in [1.29, 1.82) is 0 Å². The molecule has 2 rings (SSSR count). The van der Waals surface area contributed by atoms with Crippen molar-refractivity contribution in [2.45, 2.75) is 19.4 Å². The average Bonchev–Trinajstić information content (AvgIpc) is 2.71. The Balaban J connectivity index is 2.21. The molecule has 1 fully saturated rings. The van der Waals surface area contributed by atoms with E-state index in [9.17, 15) is 13.2 Å². The molecule has 0 saturated carbocycles. The van der Waals surface area contributed by atoms with E-state index in [-0.39, 0.29) is 24.2 Å². The van der Waals surface area contributed by atoms with Gasteiger partial charge in [-0.1, -0.05) is 0 Å². The fourth-order valence-electron chi connectivity index (χ4n) is 2.19. The van der Waals surface area contributed by atoms with E-state index in [1.165, 1.54) is 6.07 Å². The average molecular weight is 298 g/mol. The van der Waals surface area contributed by atoms with Gasteiger partial charge in [0.25, 0.3) is 0 Å². The van der Waals surface area contributed by atoms with Gasteiger partial charge in [0.05, 0.1) is 23.7 Å². The van der Waals surface area contributed by atoms with Gasteiger partial charge in [-0.15, -0.1) is 0 Å². The Morgan fingerprint density at radius 1 is 1.50 bits per heavy atom. The smallest absolute Gasteiger partial charge is 0.340 e. The van der Waals surface area contributed by atoms with Crippen LogP contribution in [0.3, 0.4) is 0 Å². The van der Waals surface area contributed by atoms with Gasteiger partial charge in [0.15, 0.2) is 9.84 Å². The Hall–Kier alpha value is -1.76. The zero-order valence-corrected chi connectivity index (χ0v) is 12.1. The minimum absolute atomic E-state index is 0.0830. The molecule has 1 saturated heterocycles. The predicted molar refractivity (Wildman–Crippen MR) is 77.5 cm³/mol. The summed E-state index contributed by atoms with van der Waals surface area (Å²) < 4.78 is 27.9. The Labute approximate surface area is 118 Å². The van der Waals surface area contributed by atoms with Gasteiger partial charge in [-0.25, -0.2) is 13.2 Å². The Morgan fingerprint density at radius 3 is 2.85 bits per heavy atom. The zero-order valence-electron chi connectivity index (χ0n) is 11.3. The van der Waals surface area contributed by atoms with Crippen LogP contribution in [-0.4, -0.2) is 38.5 Å². The maximum absolute atomic E-state index is 11.9. The molecule has 1 aromatic rings. The predicted octanol–water partition coefficient (Wildman–Crippen LogP) is 1.04. The van der Waals surface area contributed by atoms with Crippen LogP contribution in [0.4, 0.5) is 11.4 Å². The molecule has 3 N–H and O–H groups in total. The molecule has 1 aromatic carbocycles. The van der Waals surface area contributed by atoms with Crippen LogP contribution in [0, 0.1) is 0 Å². The van der Waals surface area contributed by atoms with E-state index >= 15 is 0 Å². The van der Waals surface area contributed by atoms with Gasteiger partial charge in [0.1, 0.15) is 0 Å². The second kappa shape index (κ2) is 5.70. The van der Waals surface area contributed by atoms with Crippen LogP contribution in [0.1, 0.15) is 23.7 Å². The number of carbonyl (C=O) groups is 1. The number of nitrogens with two attached hydrogens (primary N) is 1. The van der Waals surface area contributed by atoms with Gasteiger partial charge < -0.3 is 15.8 Å². The lowest BCUT2D eigenvalue weighted by atomic mass is 10.1. The zero-order chi connectivity index (χ0) is 14.8. The first kappa shape index (κ1) is 14.6. The van der Waals surface area contributed by atoms with E-state index in [2.05, 4.69) is 5.32 Å². The number of anilines is 2. The lowest BCUT2D eigenvalue weighted by Crippen LogP contribution is -2.22. The third kappa shape index (κ3) is 3.41. The third-order valence-electron chi connectivity index (χ3n) is 3.13. The van der Waals surface area contributed by atoms with Crippen molar-refractivity contribution in [3.05, 3.63) is 23.8 Å². The number of esters is 1. The topological polar surface area (TPSA) is 98.5 Å². The summed E-state index contributed by atoms with van der Waals surface area (Å²) in [5, 5.41) is 3.10. The number of hydrogen-bond donors (Lipinski definition) is 2. The fourth-order valence-corrected chi connectivity index (χ4v) is 3.87. The molecule has 0 amide bonds. The normalized spacial score (nSPS) is 20.6. The molecule has 0 radical (unpaired) electrons. The first-order valence-electron chi connectivity index (χ1n) is 6.45. The lowest BCUT2D eigenvalue weighted by Gasteiger charge is -2.16. The van der Waals surface area contributed by atoms with Gasteiger partial charge in [0.2, 0.25) is 0 Å². The summed E-state index contributed by atoms with van der Waals surface area (Å²) in [6.07, 6.45) is 0.537. The number of sulfone groups is 1. The first-order valence-corrected chi connectivity index (χ1v) is 8.27. The summed E-state index contributed by atoms with van der Waals surface area (Å²) in [6.45, 7) is 1.99. The molecule has 0 aliphatic carbocycles. The van der Waals surface area contributed by atoms with Crippen LogP contribution in [0.5, 0.6) is 0 Å². The van der Waals surface area contributed by atoms with E-state index in [0.717, 1.165) is 0 Å². The summed E-state index contributed by atoms with van der Waals surface area (Å²) in [5.41, 5.74) is 7.02. The molecule has 20 heavy (non-hydrogen) atoms. The number of nitrogen functional groups attached to an aromatic ring is 1. The number of benzene rings is 1. The van der Waals surface area contributed by atoms with Crippen molar-refractivity contribution in [2.24, 2.45) is 0 Å². The Morgan fingerprint density at radius 2 is 2.25 bits per heavy atom. The summed E-state index contributed by atoms with van der Waals surface area (Å²) in [4.78, 5) is 11.9. The molecule has 0 bridgehead atoms. The molecule has 110 valence electrons. The van der Waals surface area contributed by atoms with Crippen LogP contribution in [0.2, 0.25) is 0 Å². The van der Waals surface area contributed by atoms with Gasteiger partial charge in [-0.05, 0) is 31.5 Å². The highest BCUT2D eigenvalue weighted by Gasteiger charge is 2.28. The van der Waals surface area contributed by atoms with E-state index < -0.39 is 15.8 Å². The largest absolute Gasteiger partial charge is 0.462 e. The molecular formula is C13H18N2O4S. The second-order valence-electron chi connectivity index (χ2n) is 4.77. The number of rotatable bonds is 4. The monoisotopic (exact) mass is 298 g/mol. The summed E-state index contributed by atoms with van der Waals surface area (Å²) in [6, 6.07) is 4.68. The maximum Gasteiger partial charge on any atom is 0.340 e. The minimum atomic E-state index is -2.97. The van der Waals surface area contributed by atoms with Gasteiger partial charge in [0, 0.05) is 17.4 Å². The fraction of sp³-hybridized carbons (Fsp3) is 0.462. The van der Waals surface area contributed by atoms with Gasteiger partial charge in [-0.2, -0.15) is 0 Å². The standard InChI is InChI=1S/C13H18N2O4S/c1-2-19-13(16)11-7-9(14)3-4-12(11)15-10-5-6-20(17,18)8-10/h3-4,7,10,15H,2,5-6,8,14H2,1H3. The van der Waals surface area contributed by atoms with Crippen LogP contribution in [0.25, 0.3) is 0 Å². The molecule has 7 heteroatoms. The number of hydrogen-bond acceptors (Lipinski definition) is 6. The molecule has 0 aromatic heterocycles. The summed E-state index contributed by atoms with van der Waals surface area (Å²) >= 11 is 0. The summed E-state index contributed by atoms with van der Waals surface area (Å²) in [5.74, 6) is -0.211. The number of nitrogens with one attached hydrogen (secondary N) is 1. The van der Waals surface area contributed by atoms with Crippen molar-refractivity contribution in [1.82, 2.24) is 0 Å². The summed E-state index contributed by atoms with van der Waals surface area (Å²) in [7, 11) is -2.97. The molecule has 6 nitrogen and oxygen atoms in total. The van der Waals surface area contributed by atoms with Gasteiger partial charge in [-0.3, -0.25) is 0 Å². The van der Waals surface area contributed by atoms with Crippen LogP contribution >= 0.6 is 0 Å². The molecule has 1 unspecified atom stereocenters. The number of carbonyl (C=O) groups excluding carboxylic acids is 1. The molecule has 1 atom stereocenters. The van der Waals surface area contributed by atoms with E-state index in [1.807, 2.05) is 0 Å². The molecule has 0 spiro atoms. The van der Waals surface area contributed by atoms with Crippen molar-refractivity contribution >= 4 is 27.2 Å². The van der Waals surface area contributed by atoms with Gasteiger partial charge >= 0.3 is 5.97 Å². The number of ether oxygens (including phenoxy) is 1. The molecule has 1 aliphatic rings. The first-order chi connectivity index (χ1) is 9.41. The van der Waals surface area contributed by atoms with Crippen molar-refractivity contribution in [3.8, 4) is 0 Å². The lowest BCUT2D eigenvalue weighted by molar-refractivity contribution is 0.0527. The highest BCUT2D eigenvalue weighted by atomic mass is 32.2. The van der Waals surface area contributed by atoms with E-state index in [0.29, 0.717) is 23.4 Å². The quantitative estimate of drug-likeness (QED) is 0.636. The van der Waals surface area contributed by atoms with Crippen molar-refractivity contribution in [3.63, 3.8) is 0 Å². The highest BCUT2D eigenvalue weighted by Crippen LogP contribution is 2.23. The Kier molecular flexibility index (Phi) is 4.17. The van der Waals surface area contributed by atoms with Crippen LogP contribution < -0.4 is 11.1 Å². The second-order valence-corrected chi connectivity index (χ2v) is 7.00.